The van der Waals surface area contributed by atoms with Gasteiger partial charge in [0.1, 0.15) is 22.9 Å². The lowest BCUT2D eigenvalue weighted by atomic mass is 10.2. The number of halogens is 3. The van der Waals surface area contributed by atoms with Crippen LogP contribution >= 0.6 is 0 Å². The zero-order valence-corrected chi connectivity index (χ0v) is 18.6. The van der Waals surface area contributed by atoms with Crippen molar-refractivity contribution in [2.45, 2.75) is 39.3 Å². The first kappa shape index (κ1) is 24.2. The third-order valence-corrected chi connectivity index (χ3v) is 4.66. The van der Waals surface area contributed by atoms with Gasteiger partial charge in [-0.1, -0.05) is 31.9 Å². The van der Waals surface area contributed by atoms with Gasteiger partial charge in [0.05, 0.1) is 18.9 Å². The molecule has 2 N–H and O–H groups in total. The van der Waals surface area contributed by atoms with E-state index in [-0.39, 0.29) is 11.8 Å². The molecule has 1 heterocycles. The molecule has 2 aromatic carbocycles. The molecule has 0 spiro atoms. The molecule has 0 aliphatic heterocycles. The van der Waals surface area contributed by atoms with Crippen LogP contribution in [0.25, 0.3) is 0 Å². The normalized spacial score (nSPS) is 11.2. The molecule has 6 nitrogen and oxygen atoms in total. The second kappa shape index (κ2) is 11.4. The summed E-state index contributed by atoms with van der Waals surface area (Å²) in [5.41, 5.74) is 0.0366. The molecule has 0 amide bonds. The summed E-state index contributed by atoms with van der Waals surface area (Å²) in [5, 5.41) is 5.71. The molecular weight excluding hydrogens is 433 g/mol. The fourth-order valence-electron chi connectivity index (χ4n) is 3.03. The maximum absolute atomic E-state index is 13.6. The molecule has 0 unspecified atom stereocenters. The Morgan fingerprint density at radius 1 is 0.909 bits per heavy atom. The van der Waals surface area contributed by atoms with Gasteiger partial charge in [-0.15, -0.1) is 0 Å². The zero-order chi connectivity index (χ0) is 23.7. The average Bonchev–Trinajstić information content (AvgIpc) is 2.79. The number of para-hydroxylation sites is 2. The standard InChI is InChI=1S/C24H27F3N4O2/c1-3-5-8-15-33-21-10-7-6-9-20(21)30-22-19(24(25,26)27)16-28-23(31-22)29-17-11-13-18(14-12-17)32-4-2/h6-7,9-14,16H,3-5,8,15H2,1-2H3,(H2,28,29,30,31). The van der Waals surface area contributed by atoms with Crippen LogP contribution in [0.3, 0.4) is 0 Å². The molecule has 176 valence electrons. The number of hydrogen-bond donors (Lipinski definition) is 2. The Kier molecular flexibility index (Phi) is 8.34. The van der Waals surface area contributed by atoms with E-state index in [1.54, 1.807) is 48.5 Å². The lowest BCUT2D eigenvalue weighted by Gasteiger charge is -2.17. The van der Waals surface area contributed by atoms with Gasteiger partial charge in [0, 0.05) is 11.9 Å². The molecule has 0 aliphatic carbocycles. The van der Waals surface area contributed by atoms with E-state index in [1.807, 2.05) is 6.92 Å². The molecule has 0 bridgehead atoms. The minimum atomic E-state index is -4.63. The Balaban J connectivity index is 1.84. The third kappa shape index (κ3) is 7.00. The monoisotopic (exact) mass is 460 g/mol. The Bertz CT molecular complexity index is 1030. The van der Waals surface area contributed by atoms with Crippen LogP contribution in [0.1, 0.15) is 38.7 Å². The Hall–Kier alpha value is -3.49. The van der Waals surface area contributed by atoms with Crippen LogP contribution in [0.5, 0.6) is 11.5 Å². The summed E-state index contributed by atoms with van der Waals surface area (Å²) < 4.78 is 52.1. The lowest BCUT2D eigenvalue weighted by Crippen LogP contribution is -2.13. The lowest BCUT2D eigenvalue weighted by molar-refractivity contribution is -0.137. The first-order chi connectivity index (χ1) is 15.9. The number of unbranched alkanes of at least 4 members (excludes halogenated alkanes) is 2. The van der Waals surface area contributed by atoms with E-state index >= 15 is 0 Å². The fraction of sp³-hybridized carbons (Fsp3) is 0.333. The first-order valence-electron chi connectivity index (χ1n) is 10.8. The predicted octanol–water partition coefficient (Wildman–Crippen LogP) is 6.95. The highest BCUT2D eigenvalue weighted by atomic mass is 19.4. The summed E-state index contributed by atoms with van der Waals surface area (Å²) in [5.74, 6) is 0.808. The summed E-state index contributed by atoms with van der Waals surface area (Å²) in [6.45, 7) is 4.98. The Labute approximate surface area is 191 Å². The van der Waals surface area contributed by atoms with Crippen molar-refractivity contribution in [2.75, 3.05) is 23.8 Å². The average molecular weight is 461 g/mol. The predicted molar refractivity (Wildman–Crippen MR) is 123 cm³/mol. The van der Waals surface area contributed by atoms with Crippen LogP contribution < -0.4 is 20.1 Å². The van der Waals surface area contributed by atoms with Crippen molar-refractivity contribution in [1.29, 1.82) is 0 Å². The van der Waals surface area contributed by atoms with Crippen molar-refractivity contribution >= 4 is 23.1 Å². The van der Waals surface area contributed by atoms with Crippen molar-refractivity contribution in [3.05, 3.63) is 60.3 Å². The molecule has 0 fully saturated rings. The molecule has 33 heavy (non-hydrogen) atoms. The zero-order valence-electron chi connectivity index (χ0n) is 18.6. The number of nitrogens with one attached hydrogen (secondary N) is 2. The minimum absolute atomic E-state index is 0.0241. The van der Waals surface area contributed by atoms with Crippen LogP contribution in [-0.2, 0) is 6.18 Å². The van der Waals surface area contributed by atoms with Crippen LogP contribution in [-0.4, -0.2) is 23.2 Å². The first-order valence-corrected chi connectivity index (χ1v) is 10.8. The van der Waals surface area contributed by atoms with Gasteiger partial charge in [0.15, 0.2) is 0 Å². The molecule has 0 radical (unpaired) electrons. The van der Waals surface area contributed by atoms with E-state index in [2.05, 4.69) is 27.5 Å². The topological polar surface area (TPSA) is 68.3 Å². The summed E-state index contributed by atoms with van der Waals surface area (Å²) >= 11 is 0. The summed E-state index contributed by atoms with van der Waals surface area (Å²) in [4.78, 5) is 7.95. The van der Waals surface area contributed by atoms with Gasteiger partial charge in [-0.3, -0.25) is 0 Å². The van der Waals surface area contributed by atoms with Gasteiger partial charge >= 0.3 is 6.18 Å². The van der Waals surface area contributed by atoms with Gasteiger partial charge in [0.25, 0.3) is 0 Å². The molecule has 0 aliphatic rings. The van der Waals surface area contributed by atoms with Crippen LogP contribution in [0, 0.1) is 0 Å². The molecule has 3 rings (SSSR count). The minimum Gasteiger partial charge on any atom is -0.494 e. The number of anilines is 4. The number of hydrogen-bond acceptors (Lipinski definition) is 6. The third-order valence-electron chi connectivity index (χ3n) is 4.66. The van der Waals surface area contributed by atoms with E-state index in [0.29, 0.717) is 36.1 Å². The second-order valence-electron chi connectivity index (χ2n) is 7.21. The SMILES string of the molecule is CCCCCOc1ccccc1Nc1nc(Nc2ccc(OCC)cc2)ncc1C(F)(F)F. The summed E-state index contributed by atoms with van der Waals surface area (Å²) in [6.07, 6.45) is -0.945. The van der Waals surface area contributed by atoms with Gasteiger partial charge in [-0.25, -0.2) is 4.98 Å². The number of benzene rings is 2. The Morgan fingerprint density at radius 3 is 2.36 bits per heavy atom. The summed E-state index contributed by atoms with van der Waals surface area (Å²) in [6, 6.07) is 13.8. The summed E-state index contributed by atoms with van der Waals surface area (Å²) in [7, 11) is 0. The van der Waals surface area contributed by atoms with Gasteiger partial charge in [0.2, 0.25) is 5.95 Å². The molecular formula is C24H27F3N4O2. The number of ether oxygens (including phenoxy) is 2. The van der Waals surface area contributed by atoms with Gasteiger partial charge < -0.3 is 20.1 Å². The van der Waals surface area contributed by atoms with E-state index < -0.39 is 11.7 Å². The number of rotatable bonds is 11. The highest BCUT2D eigenvalue weighted by molar-refractivity contribution is 5.67. The molecule has 0 saturated heterocycles. The number of alkyl halides is 3. The Morgan fingerprint density at radius 2 is 1.67 bits per heavy atom. The van der Waals surface area contributed by atoms with E-state index in [0.717, 1.165) is 25.5 Å². The maximum atomic E-state index is 13.6. The molecule has 0 saturated carbocycles. The smallest absolute Gasteiger partial charge is 0.421 e. The van der Waals surface area contributed by atoms with Crippen molar-refractivity contribution in [3.63, 3.8) is 0 Å². The van der Waals surface area contributed by atoms with Crippen molar-refractivity contribution in [2.24, 2.45) is 0 Å². The highest BCUT2D eigenvalue weighted by Crippen LogP contribution is 2.37. The van der Waals surface area contributed by atoms with E-state index in [4.69, 9.17) is 9.47 Å². The van der Waals surface area contributed by atoms with Crippen molar-refractivity contribution in [1.82, 2.24) is 9.97 Å². The van der Waals surface area contributed by atoms with Crippen molar-refractivity contribution in [3.8, 4) is 11.5 Å². The largest absolute Gasteiger partial charge is 0.494 e. The molecule has 9 heteroatoms. The van der Waals surface area contributed by atoms with Gasteiger partial charge in [-0.05, 0) is 49.7 Å². The number of nitrogens with zero attached hydrogens (tertiary/aromatic N) is 2. The fourth-order valence-corrected chi connectivity index (χ4v) is 3.03. The quantitative estimate of drug-likeness (QED) is 0.302. The van der Waals surface area contributed by atoms with E-state index in [9.17, 15) is 13.2 Å². The number of aromatic nitrogens is 2. The molecule has 3 aromatic rings. The van der Waals surface area contributed by atoms with Crippen LogP contribution in [0.4, 0.5) is 36.3 Å². The van der Waals surface area contributed by atoms with Crippen LogP contribution in [0.2, 0.25) is 0 Å². The second-order valence-corrected chi connectivity index (χ2v) is 7.21. The molecule has 0 atom stereocenters. The highest BCUT2D eigenvalue weighted by Gasteiger charge is 2.35. The van der Waals surface area contributed by atoms with Crippen LogP contribution in [0.15, 0.2) is 54.7 Å². The van der Waals surface area contributed by atoms with Gasteiger partial charge in [-0.2, -0.15) is 18.2 Å². The van der Waals surface area contributed by atoms with Crippen molar-refractivity contribution < 1.29 is 22.6 Å². The molecule has 1 aromatic heterocycles. The maximum Gasteiger partial charge on any atom is 0.421 e. The van der Waals surface area contributed by atoms with E-state index in [1.165, 1.54) is 0 Å².